The van der Waals surface area contributed by atoms with Crippen molar-refractivity contribution in [2.45, 2.75) is 33.6 Å². The van der Waals surface area contributed by atoms with E-state index in [1.807, 2.05) is 27.7 Å². The average Bonchev–Trinajstić information content (AvgIpc) is 2.55. The Morgan fingerprint density at radius 2 is 1.88 bits per heavy atom. The summed E-state index contributed by atoms with van der Waals surface area (Å²) in [7, 11) is 3.35. The molecule has 0 aromatic heterocycles. The number of nitrogens with one attached hydrogen (secondary N) is 1. The molecule has 5 nitrogen and oxygen atoms in total. The molecule has 0 unspecified atom stereocenters. The largest absolute Gasteiger partial charge is 0.491 e. The molecule has 0 radical (unpaired) electrons. The van der Waals surface area contributed by atoms with Gasteiger partial charge in [0.15, 0.2) is 0 Å². The maximum absolute atomic E-state index is 13.3. The third-order valence-electron chi connectivity index (χ3n) is 3.01. The van der Waals surface area contributed by atoms with E-state index in [9.17, 15) is 9.18 Å². The number of benzene rings is 1. The van der Waals surface area contributed by atoms with Crippen LogP contribution in [0.3, 0.4) is 0 Å². The molecule has 0 atom stereocenters. The molecule has 1 aromatic rings. The summed E-state index contributed by atoms with van der Waals surface area (Å²) in [6.07, 6.45) is 0. The molecular formula is C18H31FN2O3. The smallest absolute Gasteiger partial charge is 0.316 e. The lowest BCUT2D eigenvalue weighted by molar-refractivity contribution is 0.101. The van der Waals surface area contributed by atoms with Gasteiger partial charge >= 0.3 is 6.03 Å². The van der Waals surface area contributed by atoms with Gasteiger partial charge in [0.2, 0.25) is 0 Å². The van der Waals surface area contributed by atoms with Crippen LogP contribution >= 0.6 is 0 Å². The normalized spacial score (nSPS) is 10.0. The van der Waals surface area contributed by atoms with E-state index in [4.69, 9.17) is 9.47 Å². The highest BCUT2D eigenvalue weighted by Gasteiger charge is 2.09. The predicted octanol–water partition coefficient (Wildman–Crippen LogP) is 3.64. The van der Waals surface area contributed by atoms with Gasteiger partial charge in [0.05, 0.1) is 13.2 Å². The summed E-state index contributed by atoms with van der Waals surface area (Å²) >= 11 is 0. The first-order chi connectivity index (χ1) is 11.4. The first-order valence-electron chi connectivity index (χ1n) is 8.37. The maximum atomic E-state index is 13.3. The van der Waals surface area contributed by atoms with Gasteiger partial charge in [-0.3, -0.25) is 0 Å². The van der Waals surface area contributed by atoms with Gasteiger partial charge in [0, 0.05) is 26.7 Å². The second-order valence-electron chi connectivity index (χ2n) is 5.42. The van der Waals surface area contributed by atoms with E-state index in [1.165, 1.54) is 17.0 Å². The fourth-order valence-electron chi connectivity index (χ4n) is 1.81. The van der Waals surface area contributed by atoms with Crippen molar-refractivity contribution in [3.63, 3.8) is 0 Å². The quantitative estimate of drug-likeness (QED) is 0.734. The molecule has 0 saturated carbocycles. The van der Waals surface area contributed by atoms with E-state index in [0.29, 0.717) is 32.1 Å². The Labute approximate surface area is 145 Å². The topological polar surface area (TPSA) is 50.8 Å². The Bertz CT molecular complexity index is 479. The van der Waals surface area contributed by atoms with Crippen molar-refractivity contribution in [3.05, 3.63) is 29.6 Å². The SMILES string of the molecule is CC.CC(C)c1ccc(F)cc1OCCOCCNC(=O)N(C)C. The Hall–Kier alpha value is -1.82. The summed E-state index contributed by atoms with van der Waals surface area (Å²) in [6, 6.07) is 4.42. The zero-order valence-electron chi connectivity index (χ0n) is 15.7. The molecule has 0 spiro atoms. The average molecular weight is 342 g/mol. The molecule has 24 heavy (non-hydrogen) atoms. The van der Waals surface area contributed by atoms with Crippen LogP contribution in [0.5, 0.6) is 5.75 Å². The number of ether oxygens (including phenoxy) is 2. The molecule has 0 fully saturated rings. The Balaban J connectivity index is 0.00000254. The van der Waals surface area contributed by atoms with Crippen LogP contribution in [0.4, 0.5) is 9.18 Å². The van der Waals surface area contributed by atoms with E-state index >= 15 is 0 Å². The first kappa shape index (κ1) is 22.2. The summed E-state index contributed by atoms with van der Waals surface area (Å²) in [4.78, 5) is 12.7. The van der Waals surface area contributed by atoms with Crippen LogP contribution in [0.2, 0.25) is 0 Å². The van der Waals surface area contributed by atoms with Gasteiger partial charge in [0.25, 0.3) is 0 Å². The van der Waals surface area contributed by atoms with Crippen LogP contribution in [-0.4, -0.2) is 51.4 Å². The van der Waals surface area contributed by atoms with Crippen LogP contribution in [0.25, 0.3) is 0 Å². The number of hydrogen-bond donors (Lipinski definition) is 1. The lowest BCUT2D eigenvalue weighted by atomic mass is 10.0. The Kier molecular flexibility index (Phi) is 11.6. The molecule has 1 aromatic carbocycles. The number of halogens is 1. The van der Waals surface area contributed by atoms with Crippen LogP contribution in [0.15, 0.2) is 18.2 Å². The molecule has 138 valence electrons. The van der Waals surface area contributed by atoms with Gasteiger partial charge in [-0.1, -0.05) is 33.8 Å². The number of nitrogens with zero attached hydrogens (tertiary/aromatic N) is 1. The van der Waals surface area contributed by atoms with Crippen LogP contribution in [0.1, 0.15) is 39.2 Å². The number of hydrogen-bond acceptors (Lipinski definition) is 3. The van der Waals surface area contributed by atoms with Gasteiger partial charge in [0.1, 0.15) is 18.2 Å². The molecule has 0 aliphatic rings. The highest BCUT2D eigenvalue weighted by atomic mass is 19.1. The molecule has 0 bridgehead atoms. The fraction of sp³-hybridized carbons (Fsp3) is 0.611. The zero-order chi connectivity index (χ0) is 18.5. The molecule has 1 N–H and O–H groups in total. The number of rotatable bonds is 8. The number of urea groups is 1. The van der Waals surface area contributed by atoms with E-state index in [-0.39, 0.29) is 17.8 Å². The van der Waals surface area contributed by atoms with Crippen molar-refractivity contribution in [3.8, 4) is 5.75 Å². The number of carbonyl (C=O) groups excluding carboxylic acids is 1. The van der Waals surface area contributed by atoms with Crippen molar-refractivity contribution in [2.75, 3.05) is 40.5 Å². The van der Waals surface area contributed by atoms with E-state index in [2.05, 4.69) is 5.32 Å². The van der Waals surface area contributed by atoms with E-state index in [1.54, 1.807) is 20.2 Å². The summed E-state index contributed by atoms with van der Waals surface area (Å²) < 4.78 is 24.2. The molecule has 1 rings (SSSR count). The van der Waals surface area contributed by atoms with Crippen molar-refractivity contribution >= 4 is 6.03 Å². The molecule has 2 amide bonds. The maximum Gasteiger partial charge on any atom is 0.316 e. The second kappa shape index (κ2) is 12.6. The van der Waals surface area contributed by atoms with Crippen LogP contribution in [0, 0.1) is 5.82 Å². The van der Waals surface area contributed by atoms with Gasteiger partial charge < -0.3 is 19.7 Å². The molecular weight excluding hydrogens is 311 g/mol. The summed E-state index contributed by atoms with van der Waals surface area (Å²) in [5, 5.41) is 2.69. The van der Waals surface area contributed by atoms with Crippen molar-refractivity contribution in [1.29, 1.82) is 0 Å². The molecule has 6 heteroatoms. The summed E-state index contributed by atoms with van der Waals surface area (Å²) in [5.41, 5.74) is 0.972. The lowest BCUT2D eigenvalue weighted by Crippen LogP contribution is -2.36. The highest BCUT2D eigenvalue weighted by molar-refractivity contribution is 5.73. The summed E-state index contributed by atoms with van der Waals surface area (Å²) in [6.45, 7) is 9.63. The fourth-order valence-corrected chi connectivity index (χ4v) is 1.81. The van der Waals surface area contributed by atoms with Gasteiger partial charge in [-0.25, -0.2) is 9.18 Å². The standard InChI is InChI=1S/C16H25FN2O3.C2H6/c1-12(2)14-6-5-13(17)11-15(14)22-10-9-21-8-7-18-16(20)19(3)4;1-2/h5-6,11-12H,7-10H2,1-4H3,(H,18,20);1-2H3. The molecule has 0 aliphatic heterocycles. The third-order valence-corrected chi connectivity index (χ3v) is 3.01. The zero-order valence-corrected chi connectivity index (χ0v) is 15.7. The van der Waals surface area contributed by atoms with E-state index in [0.717, 1.165) is 5.56 Å². The summed E-state index contributed by atoms with van der Waals surface area (Å²) in [5.74, 6) is 0.504. The van der Waals surface area contributed by atoms with Gasteiger partial charge in [-0.2, -0.15) is 0 Å². The molecule has 0 heterocycles. The molecule has 0 aliphatic carbocycles. The van der Waals surface area contributed by atoms with E-state index < -0.39 is 0 Å². The predicted molar refractivity (Wildman–Crippen MR) is 95.2 cm³/mol. The Morgan fingerprint density at radius 3 is 2.46 bits per heavy atom. The van der Waals surface area contributed by atoms with Gasteiger partial charge in [-0.05, 0) is 17.5 Å². The van der Waals surface area contributed by atoms with Crippen LogP contribution in [-0.2, 0) is 4.74 Å². The second-order valence-corrected chi connectivity index (χ2v) is 5.42. The third kappa shape index (κ3) is 8.72. The minimum absolute atomic E-state index is 0.152. The first-order valence-corrected chi connectivity index (χ1v) is 8.37. The minimum Gasteiger partial charge on any atom is -0.491 e. The highest BCUT2D eigenvalue weighted by Crippen LogP contribution is 2.27. The van der Waals surface area contributed by atoms with Gasteiger partial charge in [-0.15, -0.1) is 0 Å². The monoisotopic (exact) mass is 342 g/mol. The van der Waals surface area contributed by atoms with Crippen LogP contribution < -0.4 is 10.1 Å². The minimum atomic E-state index is -0.313. The van der Waals surface area contributed by atoms with Crippen molar-refractivity contribution in [2.24, 2.45) is 0 Å². The number of carbonyl (C=O) groups is 1. The molecule has 0 saturated heterocycles. The van der Waals surface area contributed by atoms with Crippen molar-refractivity contribution < 1.29 is 18.7 Å². The van der Waals surface area contributed by atoms with Crippen molar-refractivity contribution in [1.82, 2.24) is 10.2 Å². The Morgan fingerprint density at radius 1 is 1.21 bits per heavy atom. The lowest BCUT2D eigenvalue weighted by Gasteiger charge is -2.14. The number of amides is 2.